The van der Waals surface area contributed by atoms with Crippen molar-refractivity contribution in [2.45, 2.75) is 57.8 Å². The number of benzene rings is 1. The highest BCUT2D eigenvalue weighted by Crippen LogP contribution is 2.34. The molecule has 1 N–H and O–H groups in total. The predicted octanol–water partition coefficient (Wildman–Crippen LogP) is 3.38. The lowest BCUT2D eigenvalue weighted by Crippen LogP contribution is -2.24. The SMILES string of the molecule is CC1CCc2cccc(OCC3CCC(C)O3)c2N1. The number of nitrogens with one attached hydrogen (secondary N) is 1. The van der Waals surface area contributed by atoms with Gasteiger partial charge in [0.15, 0.2) is 0 Å². The first-order valence-electron chi connectivity index (χ1n) is 7.39. The summed E-state index contributed by atoms with van der Waals surface area (Å²) in [4.78, 5) is 0. The minimum Gasteiger partial charge on any atom is -0.489 e. The van der Waals surface area contributed by atoms with Gasteiger partial charge in [-0.3, -0.25) is 0 Å². The highest BCUT2D eigenvalue weighted by Gasteiger charge is 2.23. The molecule has 0 spiro atoms. The van der Waals surface area contributed by atoms with Crippen molar-refractivity contribution in [1.82, 2.24) is 0 Å². The molecule has 2 heterocycles. The van der Waals surface area contributed by atoms with Crippen molar-refractivity contribution in [3.8, 4) is 5.75 Å². The monoisotopic (exact) mass is 261 g/mol. The molecule has 19 heavy (non-hydrogen) atoms. The van der Waals surface area contributed by atoms with E-state index in [0.29, 0.717) is 18.8 Å². The maximum Gasteiger partial charge on any atom is 0.142 e. The average molecular weight is 261 g/mol. The molecule has 104 valence electrons. The third-order valence-corrected chi connectivity index (χ3v) is 4.09. The lowest BCUT2D eigenvalue weighted by atomic mass is 9.98. The van der Waals surface area contributed by atoms with Gasteiger partial charge in [-0.1, -0.05) is 12.1 Å². The van der Waals surface area contributed by atoms with Gasteiger partial charge in [0.2, 0.25) is 0 Å². The quantitative estimate of drug-likeness (QED) is 0.904. The Labute approximate surface area is 115 Å². The highest BCUT2D eigenvalue weighted by atomic mass is 16.5. The van der Waals surface area contributed by atoms with E-state index in [9.17, 15) is 0 Å². The molecule has 0 aromatic heterocycles. The molecule has 0 saturated carbocycles. The topological polar surface area (TPSA) is 30.5 Å². The zero-order valence-electron chi connectivity index (χ0n) is 11.8. The van der Waals surface area contributed by atoms with Gasteiger partial charge < -0.3 is 14.8 Å². The number of hydrogen-bond acceptors (Lipinski definition) is 3. The number of anilines is 1. The second kappa shape index (κ2) is 5.41. The fourth-order valence-corrected chi connectivity index (χ4v) is 2.95. The van der Waals surface area contributed by atoms with E-state index in [0.717, 1.165) is 25.0 Å². The first-order chi connectivity index (χ1) is 9.22. The first kappa shape index (κ1) is 12.8. The van der Waals surface area contributed by atoms with E-state index < -0.39 is 0 Å². The smallest absolute Gasteiger partial charge is 0.142 e. The van der Waals surface area contributed by atoms with Crippen LogP contribution in [-0.4, -0.2) is 24.9 Å². The van der Waals surface area contributed by atoms with Gasteiger partial charge in [-0.2, -0.15) is 0 Å². The van der Waals surface area contributed by atoms with E-state index >= 15 is 0 Å². The van der Waals surface area contributed by atoms with Gasteiger partial charge in [0.1, 0.15) is 12.4 Å². The Bertz CT molecular complexity index is 446. The predicted molar refractivity (Wildman–Crippen MR) is 76.9 cm³/mol. The summed E-state index contributed by atoms with van der Waals surface area (Å²) in [6.07, 6.45) is 5.23. The Hall–Kier alpha value is -1.22. The molecule has 3 heteroatoms. The molecule has 1 saturated heterocycles. The molecule has 1 fully saturated rings. The Morgan fingerprint density at radius 3 is 2.95 bits per heavy atom. The van der Waals surface area contributed by atoms with E-state index in [2.05, 4.69) is 37.4 Å². The van der Waals surface area contributed by atoms with Crippen molar-refractivity contribution in [1.29, 1.82) is 0 Å². The fraction of sp³-hybridized carbons (Fsp3) is 0.625. The molecular formula is C16H23NO2. The van der Waals surface area contributed by atoms with Crippen LogP contribution in [0.25, 0.3) is 0 Å². The largest absolute Gasteiger partial charge is 0.489 e. The van der Waals surface area contributed by atoms with Crippen LogP contribution in [0.2, 0.25) is 0 Å². The number of hydrogen-bond donors (Lipinski definition) is 1. The number of fused-ring (bicyclic) bond motifs is 1. The van der Waals surface area contributed by atoms with Gasteiger partial charge in [0.05, 0.1) is 17.9 Å². The molecule has 3 unspecified atom stereocenters. The third-order valence-electron chi connectivity index (χ3n) is 4.09. The van der Waals surface area contributed by atoms with Crippen molar-refractivity contribution in [2.24, 2.45) is 0 Å². The summed E-state index contributed by atoms with van der Waals surface area (Å²) in [5, 5.41) is 3.55. The van der Waals surface area contributed by atoms with Gasteiger partial charge in [-0.15, -0.1) is 0 Å². The van der Waals surface area contributed by atoms with Crippen LogP contribution in [0.4, 0.5) is 5.69 Å². The summed E-state index contributed by atoms with van der Waals surface area (Å²) in [5.41, 5.74) is 2.56. The average Bonchev–Trinajstić information content (AvgIpc) is 2.82. The van der Waals surface area contributed by atoms with E-state index in [4.69, 9.17) is 9.47 Å². The molecule has 3 nitrogen and oxygen atoms in total. The summed E-state index contributed by atoms with van der Waals surface area (Å²) >= 11 is 0. The maximum absolute atomic E-state index is 6.00. The second-order valence-corrected chi connectivity index (χ2v) is 5.83. The summed E-state index contributed by atoms with van der Waals surface area (Å²) in [5.74, 6) is 0.979. The van der Waals surface area contributed by atoms with Crippen LogP contribution < -0.4 is 10.1 Å². The number of aryl methyl sites for hydroxylation is 1. The normalized spacial score (nSPS) is 29.7. The molecule has 2 aliphatic heterocycles. The Kier molecular flexibility index (Phi) is 3.65. The molecule has 0 aliphatic carbocycles. The van der Waals surface area contributed by atoms with Crippen LogP contribution in [0.5, 0.6) is 5.75 Å². The second-order valence-electron chi connectivity index (χ2n) is 5.83. The molecule has 1 aromatic carbocycles. The van der Waals surface area contributed by atoms with Crippen molar-refractivity contribution >= 4 is 5.69 Å². The molecule has 1 aromatic rings. The molecule has 0 radical (unpaired) electrons. The van der Waals surface area contributed by atoms with Crippen LogP contribution in [-0.2, 0) is 11.2 Å². The highest BCUT2D eigenvalue weighted by molar-refractivity contribution is 5.63. The number of para-hydroxylation sites is 1. The molecular weight excluding hydrogens is 238 g/mol. The van der Waals surface area contributed by atoms with Gasteiger partial charge in [-0.25, -0.2) is 0 Å². The Balaban J connectivity index is 1.67. The summed E-state index contributed by atoms with van der Waals surface area (Å²) < 4.78 is 11.8. The van der Waals surface area contributed by atoms with Crippen molar-refractivity contribution in [2.75, 3.05) is 11.9 Å². The fourth-order valence-electron chi connectivity index (χ4n) is 2.95. The first-order valence-corrected chi connectivity index (χ1v) is 7.39. The van der Waals surface area contributed by atoms with Gasteiger partial charge in [-0.05, 0) is 51.2 Å². The zero-order valence-corrected chi connectivity index (χ0v) is 11.8. The van der Waals surface area contributed by atoms with Crippen LogP contribution >= 0.6 is 0 Å². The molecule has 3 rings (SSSR count). The molecule has 3 atom stereocenters. The van der Waals surface area contributed by atoms with Crippen LogP contribution in [0.1, 0.15) is 38.7 Å². The minimum absolute atomic E-state index is 0.256. The lowest BCUT2D eigenvalue weighted by molar-refractivity contribution is 0.0266. The number of ether oxygens (including phenoxy) is 2. The van der Waals surface area contributed by atoms with Crippen LogP contribution in [0.15, 0.2) is 18.2 Å². The van der Waals surface area contributed by atoms with Crippen LogP contribution in [0, 0.1) is 0 Å². The number of rotatable bonds is 3. The summed E-state index contributed by atoms with van der Waals surface area (Å²) in [6, 6.07) is 6.86. The molecule has 0 amide bonds. The van der Waals surface area contributed by atoms with E-state index in [1.54, 1.807) is 0 Å². The zero-order chi connectivity index (χ0) is 13.2. The Morgan fingerprint density at radius 1 is 1.26 bits per heavy atom. The molecule has 2 aliphatic rings. The minimum atomic E-state index is 0.256. The van der Waals surface area contributed by atoms with Gasteiger partial charge >= 0.3 is 0 Å². The third kappa shape index (κ3) is 2.86. The summed E-state index contributed by atoms with van der Waals surface area (Å²) in [6.45, 7) is 5.02. The van der Waals surface area contributed by atoms with Crippen molar-refractivity contribution in [3.05, 3.63) is 23.8 Å². The van der Waals surface area contributed by atoms with Gasteiger partial charge in [0, 0.05) is 6.04 Å². The Morgan fingerprint density at radius 2 is 2.16 bits per heavy atom. The van der Waals surface area contributed by atoms with Crippen LogP contribution in [0.3, 0.4) is 0 Å². The van der Waals surface area contributed by atoms with E-state index in [1.165, 1.54) is 17.7 Å². The maximum atomic E-state index is 6.00. The van der Waals surface area contributed by atoms with E-state index in [-0.39, 0.29) is 6.10 Å². The van der Waals surface area contributed by atoms with E-state index in [1.807, 2.05) is 0 Å². The molecule has 0 bridgehead atoms. The van der Waals surface area contributed by atoms with Gasteiger partial charge in [0.25, 0.3) is 0 Å². The summed E-state index contributed by atoms with van der Waals surface area (Å²) in [7, 11) is 0. The van der Waals surface area contributed by atoms with Crippen molar-refractivity contribution < 1.29 is 9.47 Å². The standard InChI is InChI=1S/C16H23NO2/c1-11-6-8-13-4-3-5-15(16(13)17-11)18-10-14-9-7-12(2)19-14/h3-5,11-12,14,17H,6-10H2,1-2H3. The van der Waals surface area contributed by atoms with Crippen molar-refractivity contribution in [3.63, 3.8) is 0 Å². The lowest BCUT2D eigenvalue weighted by Gasteiger charge is -2.26.